The number of carbonyl (C=O) groups is 1. The van der Waals surface area contributed by atoms with Crippen LogP contribution in [-0.2, 0) is 11.3 Å². The number of para-hydroxylation sites is 1. The SMILES string of the molecule is C=CC.CC.CC(C)(C)OC(=O)N1CCCC(n2c(=O)c3ncccc3n(Cc3ccc(Oc4ccccc4)cc3)c2=O)C1. The van der Waals surface area contributed by atoms with Crippen molar-refractivity contribution in [1.29, 1.82) is 0 Å². The van der Waals surface area contributed by atoms with Crippen LogP contribution in [0.1, 0.15) is 66.0 Å². The highest BCUT2D eigenvalue weighted by atomic mass is 16.6. The molecular formula is C35H44N4O5. The van der Waals surface area contributed by atoms with Crippen LogP contribution in [0.3, 0.4) is 0 Å². The molecule has 1 aliphatic rings. The minimum atomic E-state index is -0.637. The zero-order valence-electron chi connectivity index (χ0n) is 26.7. The van der Waals surface area contributed by atoms with Crippen molar-refractivity contribution >= 4 is 17.1 Å². The molecule has 9 heteroatoms. The van der Waals surface area contributed by atoms with Crippen molar-refractivity contribution in [3.63, 3.8) is 0 Å². The summed E-state index contributed by atoms with van der Waals surface area (Å²) in [5.41, 5.74) is 0.0357. The Morgan fingerprint density at radius 3 is 2.27 bits per heavy atom. The van der Waals surface area contributed by atoms with Gasteiger partial charge in [0.05, 0.1) is 18.1 Å². The predicted molar refractivity (Wildman–Crippen MR) is 176 cm³/mol. The molecule has 1 amide bonds. The monoisotopic (exact) mass is 600 g/mol. The van der Waals surface area contributed by atoms with E-state index in [1.54, 1.807) is 33.9 Å². The van der Waals surface area contributed by atoms with E-state index < -0.39 is 29.0 Å². The molecule has 2 aromatic heterocycles. The van der Waals surface area contributed by atoms with Gasteiger partial charge in [0.1, 0.15) is 17.1 Å². The zero-order chi connectivity index (χ0) is 32.3. The predicted octanol–water partition coefficient (Wildman–Crippen LogP) is 7.19. The van der Waals surface area contributed by atoms with Crippen LogP contribution in [0.2, 0.25) is 0 Å². The molecule has 0 radical (unpaired) electrons. The third kappa shape index (κ3) is 8.69. The lowest BCUT2D eigenvalue weighted by Gasteiger charge is -2.34. The molecule has 4 aromatic rings. The number of ether oxygens (including phenoxy) is 2. The second kappa shape index (κ2) is 15.7. The van der Waals surface area contributed by atoms with Gasteiger partial charge < -0.3 is 14.4 Å². The molecule has 2 aromatic carbocycles. The summed E-state index contributed by atoms with van der Waals surface area (Å²) in [7, 11) is 0. The average Bonchev–Trinajstić information content (AvgIpc) is 3.01. The first-order valence-corrected chi connectivity index (χ1v) is 15.1. The molecule has 3 heterocycles. The third-order valence-corrected chi connectivity index (χ3v) is 6.59. The fourth-order valence-corrected chi connectivity index (χ4v) is 4.82. The Hall–Kier alpha value is -4.66. The van der Waals surface area contributed by atoms with Gasteiger partial charge in [0.25, 0.3) is 5.56 Å². The van der Waals surface area contributed by atoms with E-state index in [1.165, 1.54) is 4.57 Å². The van der Waals surface area contributed by atoms with Gasteiger partial charge in [0, 0.05) is 19.3 Å². The molecule has 1 aliphatic heterocycles. The lowest BCUT2D eigenvalue weighted by molar-refractivity contribution is 0.0169. The van der Waals surface area contributed by atoms with Crippen LogP contribution < -0.4 is 16.0 Å². The van der Waals surface area contributed by atoms with Gasteiger partial charge in [-0.1, -0.05) is 50.3 Å². The summed E-state index contributed by atoms with van der Waals surface area (Å²) in [5.74, 6) is 1.41. The highest BCUT2D eigenvalue weighted by Crippen LogP contribution is 2.24. The fourth-order valence-electron chi connectivity index (χ4n) is 4.82. The number of fused-ring (bicyclic) bond motifs is 1. The van der Waals surface area contributed by atoms with E-state index in [0.29, 0.717) is 30.7 Å². The second-order valence-electron chi connectivity index (χ2n) is 11.1. The number of likely N-dealkylation sites (tertiary alicyclic amines) is 1. The van der Waals surface area contributed by atoms with Crippen LogP contribution in [0.25, 0.3) is 11.0 Å². The summed E-state index contributed by atoms with van der Waals surface area (Å²) >= 11 is 0. The Kier molecular flexibility index (Phi) is 12.1. The summed E-state index contributed by atoms with van der Waals surface area (Å²) in [6, 6.07) is 20.0. The molecule has 5 rings (SSSR count). The fraction of sp³-hybridized carbons (Fsp3) is 0.371. The Labute approximate surface area is 259 Å². The van der Waals surface area contributed by atoms with Crippen LogP contribution in [0.15, 0.2) is 95.2 Å². The van der Waals surface area contributed by atoms with E-state index in [9.17, 15) is 14.4 Å². The lowest BCUT2D eigenvalue weighted by Crippen LogP contribution is -2.49. The Morgan fingerprint density at radius 2 is 1.64 bits per heavy atom. The summed E-state index contributed by atoms with van der Waals surface area (Å²) in [4.78, 5) is 46.0. The van der Waals surface area contributed by atoms with Gasteiger partial charge in [-0.15, -0.1) is 6.58 Å². The van der Waals surface area contributed by atoms with Crippen molar-refractivity contribution in [2.45, 2.75) is 72.6 Å². The molecule has 44 heavy (non-hydrogen) atoms. The molecule has 234 valence electrons. The smallest absolute Gasteiger partial charge is 0.410 e. The van der Waals surface area contributed by atoms with Gasteiger partial charge in [-0.2, -0.15) is 0 Å². The third-order valence-electron chi connectivity index (χ3n) is 6.59. The van der Waals surface area contributed by atoms with E-state index in [0.717, 1.165) is 11.3 Å². The Morgan fingerprint density at radius 1 is 1.00 bits per heavy atom. The lowest BCUT2D eigenvalue weighted by atomic mass is 10.1. The maximum absolute atomic E-state index is 13.9. The number of nitrogens with zero attached hydrogens (tertiary/aromatic N) is 4. The number of carbonyl (C=O) groups excluding carboxylic acids is 1. The van der Waals surface area contributed by atoms with Gasteiger partial charge in [0.2, 0.25) is 0 Å². The molecule has 0 N–H and O–H groups in total. The van der Waals surface area contributed by atoms with Crippen LogP contribution >= 0.6 is 0 Å². The molecule has 1 unspecified atom stereocenters. The van der Waals surface area contributed by atoms with Gasteiger partial charge in [-0.25, -0.2) is 14.6 Å². The van der Waals surface area contributed by atoms with Crippen LogP contribution in [-0.4, -0.2) is 43.8 Å². The van der Waals surface area contributed by atoms with Crippen molar-refractivity contribution in [2.75, 3.05) is 13.1 Å². The standard InChI is InChI=1S/C30H32N4O5.C3H6.C2H6/c1-30(2,3)39-29(37)32-18-8-9-22(20-32)34-27(35)26-25(12-7-17-31-26)33(28(34)36)19-21-13-15-24(16-14-21)38-23-10-5-4-6-11-23;1-3-2;1-2/h4-7,10-17,22H,8-9,18-20H2,1-3H3;3H,1H2,2H3;1-2H3. The molecule has 9 nitrogen and oxygen atoms in total. The molecule has 0 bridgehead atoms. The summed E-state index contributed by atoms with van der Waals surface area (Å²) < 4.78 is 14.3. The first-order valence-electron chi connectivity index (χ1n) is 15.1. The van der Waals surface area contributed by atoms with Crippen molar-refractivity contribution in [2.24, 2.45) is 0 Å². The van der Waals surface area contributed by atoms with Crippen LogP contribution in [0.5, 0.6) is 11.5 Å². The van der Waals surface area contributed by atoms with Crippen molar-refractivity contribution in [3.8, 4) is 11.5 Å². The van der Waals surface area contributed by atoms with Gasteiger partial charge in [-0.3, -0.25) is 13.9 Å². The van der Waals surface area contributed by atoms with E-state index >= 15 is 0 Å². The van der Waals surface area contributed by atoms with E-state index in [1.807, 2.05) is 96.1 Å². The quantitative estimate of drug-likeness (QED) is 0.225. The number of allylic oxidation sites excluding steroid dienone is 1. The summed E-state index contributed by atoms with van der Waals surface area (Å²) in [6.07, 6.45) is 4.10. The molecule has 1 fully saturated rings. The van der Waals surface area contributed by atoms with Crippen molar-refractivity contribution in [1.82, 2.24) is 19.0 Å². The maximum atomic E-state index is 13.9. The first kappa shape index (κ1) is 33.8. The first-order chi connectivity index (χ1) is 21.1. The topological polar surface area (TPSA) is 95.7 Å². The highest BCUT2D eigenvalue weighted by molar-refractivity contribution is 5.73. The largest absolute Gasteiger partial charge is 0.457 e. The van der Waals surface area contributed by atoms with Crippen molar-refractivity contribution < 1.29 is 14.3 Å². The van der Waals surface area contributed by atoms with E-state index in [-0.39, 0.29) is 18.6 Å². The minimum absolute atomic E-state index is 0.216. The number of amides is 1. The number of rotatable bonds is 5. The Balaban J connectivity index is 0.000000997. The molecule has 0 spiro atoms. The maximum Gasteiger partial charge on any atom is 0.410 e. The minimum Gasteiger partial charge on any atom is -0.457 e. The molecule has 1 atom stereocenters. The van der Waals surface area contributed by atoms with Crippen molar-refractivity contribution in [3.05, 3.63) is 112 Å². The zero-order valence-corrected chi connectivity index (χ0v) is 26.7. The second-order valence-corrected chi connectivity index (χ2v) is 11.1. The average molecular weight is 601 g/mol. The number of aromatic nitrogens is 3. The van der Waals surface area contributed by atoms with Gasteiger partial charge in [-0.05, 0) is 82.5 Å². The summed E-state index contributed by atoms with van der Waals surface area (Å²) in [5, 5.41) is 0. The molecule has 1 saturated heterocycles. The molecule has 0 aliphatic carbocycles. The number of pyridine rings is 1. The summed E-state index contributed by atoms with van der Waals surface area (Å²) in [6.45, 7) is 15.7. The number of hydrogen-bond donors (Lipinski definition) is 0. The molecule has 0 saturated carbocycles. The van der Waals surface area contributed by atoms with Gasteiger partial charge in [0.15, 0.2) is 5.52 Å². The number of benzene rings is 2. The number of piperidine rings is 1. The van der Waals surface area contributed by atoms with E-state index in [4.69, 9.17) is 9.47 Å². The van der Waals surface area contributed by atoms with Crippen LogP contribution in [0.4, 0.5) is 4.79 Å². The number of hydrogen-bond acceptors (Lipinski definition) is 6. The molecular weight excluding hydrogens is 556 g/mol. The van der Waals surface area contributed by atoms with Crippen LogP contribution in [0, 0.1) is 0 Å². The van der Waals surface area contributed by atoms with E-state index in [2.05, 4.69) is 11.6 Å². The highest BCUT2D eigenvalue weighted by Gasteiger charge is 2.31. The Bertz CT molecular complexity index is 1640. The van der Waals surface area contributed by atoms with Gasteiger partial charge >= 0.3 is 11.8 Å². The normalized spacial score (nSPS) is 14.4.